The number of likely N-dealkylation sites (tertiary alicyclic amines) is 1. The van der Waals surface area contributed by atoms with Gasteiger partial charge in [0.25, 0.3) is 0 Å². The normalized spacial score (nSPS) is 20.2. The molecule has 3 aromatic rings. The molecule has 10 heteroatoms. The average Bonchev–Trinajstić information content (AvgIpc) is 3.72. The molecule has 1 saturated carbocycles. The lowest BCUT2D eigenvalue weighted by Crippen LogP contribution is -2.35. The smallest absolute Gasteiger partial charge is 0.321 e. The van der Waals surface area contributed by atoms with Crippen LogP contribution >= 0.6 is 27.5 Å². The fraction of sp³-hybridized carbons (Fsp3) is 0.387. The molecule has 3 aliphatic rings. The van der Waals surface area contributed by atoms with Gasteiger partial charge in [-0.15, -0.1) is 0 Å². The minimum absolute atomic E-state index is 0.197. The first-order valence-electron chi connectivity index (χ1n) is 13.8. The lowest BCUT2D eigenvalue weighted by atomic mass is 10.0. The molecular weight excluding hydrogens is 614 g/mol. The number of aliphatic carboxylic acids is 1. The Morgan fingerprint density at radius 3 is 2.61 bits per heavy atom. The third-order valence-corrected chi connectivity index (χ3v) is 8.87. The highest BCUT2D eigenvalue weighted by Crippen LogP contribution is 2.40. The molecule has 2 heterocycles. The quantitative estimate of drug-likeness (QED) is 0.281. The number of halogens is 2. The van der Waals surface area contributed by atoms with Gasteiger partial charge >= 0.3 is 5.97 Å². The lowest BCUT2D eigenvalue weighted by molar-refractivity contribution is -0.142. The molecule has 3 aromatic carbocycles. The third-order valence-electron chi connectivity index (χ3n) is 7.64. The predicted octanol–water partition coefficient (Wildman–Crippen LogP) is 5.93. The number of rotatable bonds is 10. The van der Waals surface area contributed by atoms with Crippen LogP contribution in [0.1, 0.15) is 30.4 Å². The van der Waals surface area contributed by atoms with Gasteiger partial charge < -0.3 is 29.2 Å². The molecule has 0 radical (unpaired) electrons. The third kappa shape index (κ3) is 6.43. The maximum atomic E-state index is 11.8. The highest BCUT2D eigenvalue weighted by Gasteiger charge is 2.36. The van der Waals surface area contributed by atoms with Crippen molar-refractivity contribution in [2.75, 3.05) is 26.4 Å². The second-order valence-corrected chi connectivity index (χ2v) is 11.9. The number of nitrogens with zero attached hydrogens (tertiary/aromatic N) is 1. The van der Waals surface area contributed by atoms with E-state index in [1.54, 1.807) is 17.0 Å². The fourth-order valence-electron chi connectivity index (χ4n) is 5.25. The number of benzene rings is 3. The van der Waals surface area contributed by atoms with Crippen molar-refractivity contribution in [3.63, 3.8) is 0 Å². The number of ether oxygens (including phenoxy) is 4. The van der Waals surface area contributed by atoms with Gasteiger partial charge in [0.15, 0.2) is 11.5 Å². The van der Waals surface area contributed by atoms with E-state index in [1.807, 2.05) is 36.4 Å². The van der Waals surface area contributed by atoms with Gasteiger partial charge in [0.2, 0.25) is 0 Å². The number of carboxylic acids is 1. The second kappa shape index (κ2) is 12.1. The van der Waals surface area contributed by atoms with Crippen LogP contribution in [0.25, 0.3) is 11.1 Å². The Bertz CT molecular complexity index is 1450. The van der Waals surface area contributed by atoms with Gasteiger partial charge in [0.1, 0.15) is 37.4 Å². The molecule has 2 aliphatic heterocycles. The molecule has 1 aliphatic carbocycles. The number of fused-ring (bicyclic) bond motifs is 1. The van der Waals surface area contributed by atoms with Crippen LogP contribution in [0.5, 0.6) is 23.0 Å². The van der Waals surface area contributed by atoms with Gasteiger partial charge in [-0.25, -0.2) is 0 Å². The largest absolute Gasteiger partial charge is 0.493 e. The van der Waals surface area contributed by atoms with Crippen molar-refractivity contribution in [3.05, 3.63) is 69.2 Å². The van der Waals surface area contributed by atoms with Crippen molar-refractivity contribution in [2.24, 2.45) is 5.92 Å². The average molecular weight is 645 g/mol. The van der Waals surface area contributed by atoms with Crippen molar-refractivity contribution in [1.82, 2.24) is 4.90 Å². The van der Waals surface area contributed by atoms with Crippen LogP contribution in [-0.4, -0.2) is 59.6 Å². The molecule has 2 atom stereocenters. The molecule has 6 rings (SSSR count). The molecule has 216 valence electrons. The monoisotopic (exact) mass is 643 g/mol. The van der Waals surface area contributed by atoms with Gasteiger partial charge in [0, 0.05) is 41.2 Å². The summed E-state index contributed by atoms with van der Waals surface area (Å²) in [5, 5.41) is 20.1. The van der Waals surface area contributed by atoms with Crippen LogP contribution in [-0.2, 0) is 17.9 Å². The van der Waals surface area contributed by atoms with Gasteiger partial charge in [-0.05, 0) is 64.0 Å². The summed E-state index contributed by atoms with van der Waals surface area (Å²) in [6.45, 7) is 2.50. The van der Waals surface area contributed by atoms with Gasteiger partial charge in [0.05, 0.1) is 17.7 Å². The minimum atomic E-state index is -0.947. The van der Waals surface area contributed by atoms with Crippen LogP contribution in [0.2, 0.25) is 5.02 Å². The van der Waals surface area contributed by atoms with Crippen LogP contribution in [0.15, 0.2) is 53.0 Å². The highest BCUT2D eigenvalue weighted by molar-refractivity contribution is 9.10. The van der Waals surface area contributed by atoms with E-state index in [9.17, 15) is 15.0 Å². The Labute approximate surface area is 251 Å². The topological polar surface area (TPSA) is 97.7 Å². The molecule has 8 nitrogen and oxygen atoms in total. The standard InChI is InChI=1S/C31H31BrClNO7/c32-30-20(2-1-3-23(30)19-6-7-26-29(11-19)39-9-8-38-26)17-41-28-13-27(40-16-18-4-5-18)21(10-24(28)33)14-34-15-22(35)12-25(34)31(36)37/h1-3,6-7,10-11,13,18,22,25,35H,4-5,8-9,12,14-17H2,(H,36,37). The molecule has 2 N–H and O–H groups in total. The lowest BCUT2D eigenvalue weighted by Gasteiger charge is -2.23. The van der Waals surface area contributed by atoms with Crippen molar-refractivity contribution >= 4 is 33.5 Å². The maximum absolute atomic E-state index is 11.8. The van der Waals surface area contributed by atoms with E-state index in [4.69, 9.17) is 30.5 Å². The molecule has 0 aromatic heterocycles. The summed E-state index contributed by atoms with van der Waals surface area (Å²) in [7, 11) is 0. The zero-order chi connectivity index (χ0) is 28.5. The summed E-state index contributed by atoms with van der Waals surface area (Å²) in [5.41, 5.74) is 3.70. The first-order chi connectivity index (χ1) is 19.9. The molecule has 2 fully saturated rings. The van der Waals surface area contributed by atoms with Crippen LogP contribution in [0.4, 0.5) is 0 Å². The molecular formula is C31H31BrClNO7. The summed E-state index contributed by atoms with van der Waals surface area (Å²) in [6, 6.07) is 14.7. The number of carbonyl (C=O) groups is 1. The Balaban J connectivity index is 1.22. The zero-order valence-electron chi connectivity index (χ0n) is 22.4. The van der Waals surface area contributed by atoms with Crippen molar-refractivity contribution in [3.8, 4) is 34.1 Å². The summed E-state index contributed by atoms with van der Waals surface area (Å²) in [6.07, 6.45) is 1.79. The van der Waals surface area contributed by atoms with Crippen LogP contribution in [0, 0.1) is 5.92 Å². The number of hydrogen-bond acceptors (Lipinski definition) is 7. The van der Waals surface area contributed by atoms with E-state index < -0.39 is 18.1 Å². The van der Waals surface area contributed by atoms with Gasteiger partial charge in [-0.3, -0.25) is 9.69 Å². The summed E-state index contributed by atoms with van der Waals surface area (Å²) in [5.74, 6) is 2.15. The number of aliphatic hydroxyl groups is 1. The summed E-state index contributed by atoms with van der Waals surface area (Å²) >= 11 is 10.5. The van der Waals surface area contributed by atoms with E-state index in [0.29, 0.717) is 48.8 Å². The first-order valence-corrected chi connectivity index (χ1v) is 14.9. The Kier molecular flexibility index (Phi) is 8.30. The molecule has 0 bridgehead atoms. The fourth-order valence-corrected chi connectivity index (χ4v) is 6.10. The number of aliphatic hydroxyl groups excluding tert-OH is 1. The van der Waals surface area contributed by atoms with E-state index in [2.05, 4.69) is 15.9 Å². The van der Waals surface area contributed by atoms with Crippen molar-refractivity contribution in [2.45, 2.75) is 44.6 Å². The summed E-state index contributed by atoms with van der Waals surface area (Å²) < 4.78 is 24.7. The number of β-amino-alcohol motifs (C(OH)–C–C–N with tert-alkyl or cyclic N) is 1. The SMILES string of the molecule is O=C(O)C1CC(O)CN1Cc1cc(Cl)c(OCc2cccc(-c3ccc4c(c3)OCCO4)c2Br)cc1OCC1CC1. The first kappa shape index (κ1) is 28.2. The van der Waals surface area contributed by atoms with Crippen molar-refractivity contribution in [1.29, 1.82) is 0 Å². The number of hydrogen-bond donors (Lipinski definition) is 2. The van der Waals surface area contributed by atoms with E-state index in [1.165, 1.54) is 0 Å². The van der Waals surface area contributed by atoms with Crippen LogP contribution in [0.3, 0.4) is 0 Å². The van der Waals surface area contributed by atoms with Crippen molar-refractivity contribution < 1.29 is 34.0 Å². The number of carboxylic acid groups (broad SMARTS) is 1. The van der Waals surface area contributed by atoms with E-state index in [0.717, 1.165) is 51.1 Å². The van der Waals surface area contributed by atoms with E-state index in [-0.39, 0.29) is 19.6 Å². The van der Waals surface area contributed by atoms with Crippen LogP contribution < -0.4 is 18.9 Å². The molecule has 2 unspecified atom stereocenters. The Hall–Kier alpha value is -2.98. The van der Waals surface area contributed by atoms with Gasteiger partial charge in [-0.1, -0.05) is 35.9 Å². The molecule has 41 heavy (non-hydrogen) atoms. The summed E-state index contributed by atoms with van der Waals surface area (Å²) in [4.78, 5) is 13.5. The molecule has 0 spiro atoms. The molecule has 0 amide bonds. The molecule has 1 saturated heterocycles. The predicted molar refractivity (Wildman–Crippen MR) is 157 cm³/mol. The zero-order valence-corrected chi connectivity index (χ0v) is 24.7. The maximum Gasteiger partial charge on any atom is 0.321 e. The van der Waals surface area contributed by atoms with Gasteiger partial charge in [-0.2, -0.15) is 0 Å². The second-order valence-electron chi connectivity index (χ2n) is 10.7. The Morgan fingerprint density at radius 1 is 1.02 bits per heavy atom. The highest BCUT2D eigenvalue weighted by atomic mass is 79.9. The van der Waals surface area contributed by atoms with E-state index >= 15 is 0 Å². The Morgan fingerprint density at radius 2 is 1.83 bits per heavy atom. The minimum Gasteiger partial charge on any atom is -0.493 e.